The average molecular weight is 205 g/mol. The summed E-state index contributed by atoms with van der Waals surface area (Å²) < 4.78 is 0. The molecule has 0 fully saturated rings. The van der Waals surface area contributed by atoms with Crippen molar-refractivity contribution in [3.63, 3.8) is 0 Å². The Bertz CT molecular complexity index is 385. The molecule has 0 radical (unpaired) electrons. The summed E-state index contributed by atoms with van der Waals surface area (Å²) in [6.45, 7) is 3.75. The third-order valence-corrected chi connectivity index (χ3v) is 3.74. The van der Waals surface area contributed by atoms with E-state index in [0.29, 0.717) is 0 Å². The zero-order valence-electron chi connectivity index (χ0n) is 9.19. The number of nitrogens with zero attached hydrogens (tertiary/aromatic N) is 1. The summed E-state index contributed by atoms with van der Waals surface area (Å²) >= 11 is 0. The van der Waals surface area contributed by atoms with Crippen LogP contribution in [0.3, 0.4) is 0 Å². The van der Waals surface area contributed by atoms with E-state index >= 15 is 0 Å². The van der Waals surface area contributed by atoms with Gasteiger partial charge in [-0.15, -0.1) is 0 Å². The Morgan fingerprint density at radius 1 is 1.47 bits per heavy atom. The minimum absolute atomic E-state index is 0.0104. The van der Waals surface area contributed by atoms with Crippen molar-refractivity contribution in [2.75, 3.05) is 11.9 Å². The van der Waals surface area contributed by atoms with E-state index in [1.54, 1.807) is 6.92 Å². The van der Waals surface area contributed by atoms with Gasteiger partial charge >= 0.3 is 5.97 Å². The second-order valence-corrected chi connectivity index (χ2v) is 4.29. The van der Waals surface area contributed by atoms with E-state index in [4.69, 9.17) is 0 Å². The first-order valence-corrected chi connectivity index (χ1v) is 5.05. The molecule has 0 aliphatic carbocycles. The van der Waals surface area contributed by atoms with Crippen molar-refractivity contribution < 1.29 is 9.90 Å². The van der Waals surface area contributed by atoms with Crippen molar-refractivity contribution in [2.45, 2.75) is 25.3 Å². The van der Waals surface area contributed by atoms with Gasteiger partial charge in [0.2, 0.25) is 0 Å². The van der Waals surface area contributed by atoms with Crippen LogP contribution >= 0.6 is 0 Å². The summed E-state index contributed by atoms with van der Waals surface area (Å²) in [7, 11) is 1.84. The fourth-order valence-electron chi connectivity index (χ4n) is 2.33. The maximum absolute atomic E-state index is 11.4. The summed E-state index contributed by atoms with van der Waals surface area (Å²) in [5.41, 5.74) is 1.31. The quantitative estimate of drug-likeness (QED) is 0.763. The molecule has 2 rings (SSSR count). The summed E-state index contributed by atoms with van der Waals surface area (Å²) in [4.78, 5) is 13.2. The first-order chi connectivity index (χ1) is 6.99. The molecule has 0 aromatic heterocycles. The lowest BCUT2D eigenvalue weighted by molar-refractivity contribution is -0.143. The summed E-state index contributed by atoms with van der Waals surface area (Å²) in [5.74, 6) is -0.759. The highest BCUT2D eigenvalue weighted by atomic mass is 16.4. The number of likely N-dealkylation sites (N-methyl/N-ethyl adjacent to an activating group) is 1. The number of hydrogen-bond donors (Lipinski definition) is 1. The maximum Gasteiger partial charge on any atom is 0.329 e. The molecule has 3 heteroatoms. The Hall–Kier alpha value is -1.51. The van der Waals surface area contributed by atoms with Crippen LogP contribution in [0.1, 0.15) is 25.3 Å². The Balaban J connectivity index is 2.59. The van der Waals surface area contributed by atoms with Gasteiger partial charge in [0.15, 0.2) is 0 Å². The van der Waals surface area contributed by atoms with Crippen LogP contribution in [0.2, 0.25) is 0 Å². The van der Waals surface area contributed by atoms with Crippen molar-refractivity contribution in [1.82, 2.24) is 0 Å². The largest absolute Gasteiger partial charge is 0.479 e. The van der Waals surface area contributed by atoms with E-state index < -0.39 is 11.5 Å². The number of anilines is 1. The van der Waals surface area contributed by atoms with Gasteiger partial charge in [-0.3, -0.25) is 0 Å². The Morgan fingerprint density at radius 2 is 2.07 bits per heavy atom. The molecule has 0 saturated carbocycles. The van der Waals surface area contributed by atoms with Gasteiger partial charge in [0.25, 0.3) is 0 Å². The fourth-order valence-corrected chi connectivity index (χ4v) is 2.33. The molecule has 15 heavy (non-hydrogen) atoms. The van der Waals surface area contributed by atoms with Crippen LogP contribution in [-0.2, 0) is 4.79 Å². The number of hydrogen-bond acceptors (Lipinski definition) is 2. The normalized spacial score (nSPS) is 29.0. The topological polar surface area (TPSA) is 40.5 Å². The van der Waals surface area contributed by atoms with E-state index in [2.05, 4.69) is 0 Å². The molecule has 2 unspecified atom stereocenters. The zero-order valence-corrected chi connectivity index (χ0v) is 9.19. The fraction of sp³-hybridized carbons (Fsp3) is 0.417. The van der Waals surface area contributed by atoms with E-state index in [0.717, 1.165) is 11.3 Å². The molecule has 1 heterocycles. The van der Waals surface area contributed by atoms with Crippen LogP contribution in [0.15, 0.2) is 24.3 Å². The van der Waals surface area contributed by atoms with Crippen molar-refractivity contribution in [3.8, 4) is 0 Å². The zero-order chi connectivity index (χ0) is 11.2. The van der Waals surface area contributed by atoms with Crippen LogP contribution in [0.5, 0.6) is 0 Å². The highest BCUT2D eigenvalue weighted by Gasteiger charge is 2.49. The molecule has 1 aromatic rings. The molecule has 3 nitrogen and oxygen atoms in total. The van der Waals surface area contributed by atoms with Crippen molar-refractivity contribution >= 4 is 11.7 Å². The second kappa shape index (κ2) is 2.99. The van der Waals surface area contributed by atoms with E-state index in [1.165, 1.54) is 0 Å². The molecule has 0 saturated heterocycles. The van der Waals surface area contributed by atoms with Gasteiger partial charge in [0, 0.05) is 18.7 Å². The third kappa shape index (κ3) is 1.09. The molecule has 1 aromatic carbocycles. The maximum atomic E-state index is 11.4. The lowest BCUT2D eigenvalue weighted by Crippen LogP contribution is -2.50. The van der Waals surface area contributed by atoms with Crippen molar-refractivity contribution in [2.24, 2.45) is 0 Å². The highest BCUT2D eigenvalue weighted by molar-refractivity contribution is 5.88. The van der Waals surface area contributed by atoms with Crippen LogP contribution in [0.25, 0.3) is 0 Å². The number of fused-ring (bicyclic) bond motifs is 1. The van der Waals surface area contributed by atoms with Gasteiger partial charge in [0.1, 0.15) is 5.54 Å². The van der Waals surface area contributed by atoms with Crippen molar-refractivity contribution in [3.05, 3.63) is 29.8 Å². The predicted octanol–water partition coefficient (Wildman–Crippen LogP) is 2.08. The number of para-hydroxylation sites is 1. The molecule has 1 N–H and O–H groups in total. The third-order valence-electron chi connectivity index (χ3n) is 3.74. The molecule has 0 spiro atoms. The first kappa shape index (κ1) is 10.0. The van der Waals surface area contributed by atoms with E-state index in [-0.39, 0.29) is 5.92 Å². The van der Waals surface area contributed by atoms with Gasteiger partial charge in [0.05, 0.1) is 0 Å². The van der Waals surface area contributed by atoms with Crippen LogP contribution < -0.4 is 4.90 Å². The number of carboxylic acid groups (broad SMARTS) is 1. The summed E-state index contributed by atoms with van der Waals surface area (Å²) in [5, 5.41) is 9.34. The summed E-state index contributed by atoms with van der Waals surface area (Å²) in [6.07, 6.45) is 0. The monoisotopic (exact) mass is 205 g/mol. The molecule has 80 valence electrons. The van der Waals surface area contributed by atoms with Gasteiger partial charge < -0.3 is 10.0 Å². The van der Waals surface area contributed by atoms with Gasteiger partial charge in [-0.2, -0.15) is 0 Å². The molecular formula is C12H15NO2. The molecular weight excluding hydrogens is 190 g/mol. The number of carbonyl (C=O) groups is 1. The minimum atomic E-state index is -0.830. The van der Waals surface area contributed by atoms with Crippen LogP contribution in [-0.4, -0.2) is 23.7 Å². The predicted molar refractivity (Wildman–Crippen MR) is 59.3 cm³/mol. The number of rotatable bonds is 1. The number of aliphatic carboxylic acids is 1. The molecule has 0 bridgehead atoms. The lowest BCUT2D eigenvalue weighted by atomic mass is 9.85. The molecule has 1 aliphatic rings. The minimum Gasteiger partial charge on any atom is -0.479 e. The number of carboxylic acids is 1. The summed E-state index contributed by atoms with van der Waals surface area (Å²) in [6, 6.07) is 7.87. The smallest absolute Gasteiger partial charge is 0.329 e. The van der Waals surface area contributed by atoms with Crippen LogP contribution in [0, 0.1) is 0 Å². The lowest BCUT2D eigenvalue weighted by Gasteiger charge is -2.33. The van der Waals surface area contributed by atoms with E-state index in [1.807, 2.05) is 43.1 Å². The Labute approximate surface area is 89.3 Å². The SMILES string of the molecule is CC1c2ccccc2N(C)C1(C)C(=O)O. The van der Waals surface area contributed by atoms with E-state index in [9.17, 15) is 9.90 Å². The van der Waals surface area contributed by atoms with Crippen molar-refractivity contribution in [1.29, 1.82) is 0 Å². The van der Waals surface area contributed by atoms with Crippen LogP contribution in [0.4, 0.5) is 5.69 Å². The molecule has 1 aliphatic heterocycles. The Morgan fingerprint density at radius 3 is 2.60 bits per heavy atom. The Kier molecular flexibility index (Phi) is 2.00. The second-order valence-electron chi connectivity index (χ2n) is 4.29. The van der Waals surface area contributed by atoms with Gasteiger partial charge in [-0.1, -0.05) is 25.1 Å². The van der Waals surface area contributed by atoms with Gasteiger partial charge in [-0.25, -0.2) is 4.79 Å². The molecule has 2 atom stereocenters. The highest BCUT2D eigenvalue weighted by Crippen LogP contribution is 2.46. The van der Waals surface area contributed by atoms with Gasteiger partial charge in [-0.05, 0) is 18.6 Å². The first-order valence-electron chi connectivity index (χ1n) is 5.05. The number of benzene rings is 1. The molecule has 0 amide bonds. The standard InChI is InChI=1S/C12H15NO2/c1-8-9-6-4-5-7-10(9)13(3)12(8,2)11(14)15/h4-8H,1-3H3,(H,14,15). The average Bonchev–Trinajstić information content (AvgIpc) is 2.43.